The lowest BCUT2D eigenvalue weighted by atomic mass is 9.99. The maximum absolute atomic E-state index is 12.3. The minimum atomic E-state index is -0.386. The van der Waals surface area contributed by atoms with Crippen molar-refractivity contribution in [2.75, 3.05) is 0 Å². The maximum Gasteiger partial charge on any atom is 0.343 e. The van der Waals surface area contributed by atoms with E-state index in [0.29, 0.717) is 22.6 Å². The van der Waals surface area contributed by atoms with Crippen molar-refractivity contribution in [1.29, 1.82) is 0 Å². The van der Waals surface area contributed by atoms with E-state index in [0.717, 1.165) is 22.3 Å². The molecule has 0 heterocycles. The van der Waals surface area contributed by atoms with Crippen molar-refractivity contribution in [3.8, 4) is 33.8 Å². The molecule has 0 aliphatic heterocycles. The number of hydrogen-bond donors (Lipinski definition) is 0. The Morgan fingerprint density at radius 2 is 0.778 bits per heavy atom. The molecule has 36 heavy (non-hydrogen) atoms. The highest BCUT2D eigenvalue weighted by Crippen LogP contribution is 2.29. The number of hydrogen-bond acceptors (Lipinski definition) is 4. The van der Waals surface area contributed by atoms with Gasteiger partial charge in [-0.2, -0.15) is 0 Å². The van der Waals surface area contributed by atoms with Crippen molar-refractivity contribution >= 4 is 11.9 Å². The predicted octanol–water partition coefficient (Wildman–Crippen LogP) is 7.46. The van der Waals surface area contributed by atoms with Crippen molar-refractivity contribution in [3.05, 3.63) is 145 Å². The van der Waals surface area contributed by atoms with Gasteiger partial charge in [0.2, 0.25) is 0 Å². The summed E-state index contributed by atoms with van der Waals surface area (Å²) in [5, 5.41) is 0. The molecule has 0 aliphatic carbocycles. The van der Waals surface area contributed by atoms with Gasteiger partial charge in [0.15, 0.2) is 0 Å². The molecule has 5 aromatic rings. The lowest BCUT2D eigenvalue weighted by molar-refractivity contribution is 0.0725. The van der Waals surface area contributed by atoms with Crippen LogP contribution in [0.5, 0.6) is 11.5 Å². The van der Waals surface area contributed by atoms with Gasteiger partial charge in [0.1, 0.15) is 11.5 Å². The molecule has 0 fully saturated rings. The zero-order valence-electron chi connectivity index (χ0n) is 19.3. The maximum atomic E-state index is 12.3. The van der Waals surface area contributed by atoms with Crippen LogP contribution in [-0.2, 0) is 0 Å². The molecule has 0 bridgehead atoms. The summed E-state index contributed by atoms with van der Waals surface area (Å²) in [7, 11) is 0. The van der Waals surface area contributed by atoms with E-state index in [1.165, 1.54) is 0 Å². The zero-order valence-corrected chi connectivity index (χ0v) is 19.3. The van der Waals surface area contributed by atoms with Gasteiger partial charge in [-0.05, 0) is 76.9 Å². The van der Waals surface area contributed by atoms with Crippen molar-refractivity contribution in [3.63, 3.8) is 0 Å². The van der Waals surface area contributed by atoms with Crippen molar-refractivity contribution in [2.24, 2.45) is 0 Å². The summed E-state index contributed by atoms with van der Waals surface area (Å²) < 4.78 is 11.0. The van der Waals surface area contributed by atoms with Gasteiger partial charge in [-0.1, -0.05) is 78.9 Å². The standard InChI is InChI=1S/C32H22O4/c33-31(25-8-3-1-4-9-25)35-29-18-14-23(15-19-29)27-12-7-13-28(22-27)24-16-20-30(21-17-24)36-32(34)26-10-5-2-6-11-26/h1-22H. The number of ether oxygens (including phenoxy) is 2. The third-order valence-electron chi connectivity index (χ3n) is 5.68. The minimum Gasteiger partial charge on any atom is -0.423 e. The summed E-state index contributed by atoms with van der Waals surface area (Å²) in [4.78, 5) is 24.6. The zero-order chi connectivity index (χ0) is 24.7. The molecule has 0 saturated carbocycles. The largest absolute Gasteiger partial charge is 0.423 e. The highest BCUT2D eigenvalue weighted by Gasteiger charge is 2.10. The molecule has 4 nitrogen and oxygen atoms in total. The fourth-order valence-corrected chi connectivity index (χ4v) is 3.79. The Labute approximate surface area is 209 Å². The molecule has 0 atom stereocenters. The van der Waals surface area contributed by atoms with E-state index in [9.17, 15) is 9.59 Å². The average Bonchev–Trinajstić information content (AvgIpc) is 2.95. The Hall–Kier alpha value is -4.96. The van der Waals surface area contributed by atoms with Crippen LogP contribution in [0.1, 0.15) is 20.7 Å². The van der Waals surface area contributed by atoms with E-state index >= 15 is 0 Å². The van der Waals surface area contributed by atoms with Gasteiger partial charge in [-0.3, -0.25) is 0 Å². The molecular formula is C32H22O4. The van der Waals surface area contributed by atoms with Crippen LogP contribution in [-0.4, -0.2) is 11.9 Å². The van der Waals surface area contributed by atoms with Crippen molar-refractivity contribution < 1.29 is 19.1 Å². The number of esters is 2. The molecule has 5 rings (SSSR count). The molecule has 174 valence electrons. The lowest BCUT2D eigenvalue weighted by Crippen LogP contribution is -2.07. The van der Waals surface area contributed by atoms with Crippen LogP contribution in [0.25, 0.3) is 22.3 Å². The Bertz CT molecular complexity index is 1360. The summed E-state index contributed by atoms with van der Waals surface area (Å²) in [6, 6.07) is 40.9. The van der Waals surface area contributed by atoms with E-state index in [4.69, 9.17) is 9.47 Å². The molecule has 0 radical (unpaired) electrons. The summed E-state index contributed by atoms with van der Waals surface area (Å²) in [6.45, 7) is 0. The van der Waals surface area contributed by atoms with Crippen molar-refractivity contribution in [2.45, 2.75) is 0 Å². The first-order chi connectivity index (χ1) is 17.7. The first kappa shape index (κ1) is 22.8. The van der Waals surface area contributed by atoms with E-state index < -0.39 is 0 Å². The first-order valence-electron chi connectivity index (χ1n) is 11.5. The molecule has 0 saturated heterocycles. The molecule has 0 N–H and O–H groups in total. The van der Waals surface area contributed by atoms with Gasteiger partial charge in [0.25, 0.3) is 0 Å². The Balaban J connectivity index is 1.27. The first-order valence-corrected chi connectivity index (χ1v) is 11.5. The third kappa shape index (κ3) is 5.40. The number of carbonyl (C=O) groups is 2. The van der Waals surface area contributed by atoms with Gasteiger partial charge < -0.3 is 9.47 Å². The molecule has 0 amide bonds. The fourth-order valence-electron chi connectivity index (χ4n) is 3.79. The molecule has 0 aliphatic rings. The summed E-state index contributed by atoms with van der Waals surface area (Å²) >= 11 is 0. The van der Waals surface area contributed by atoms with Gasteiger partial charge in [0.05, 0.1) is 11.1 Å². The molecule has 5 aromatic carbocycles. The van der Waals surface area contributed by atoms with Crippen LogP contribution >= 0.6 is 0 Å². The highest BCUT2D eigenvalue weighted by atomic mass is 16.5. The second-order valence-corrected chi connectivity index (χ2v) is 8.14. The van der Waals surface area contributed by atoms with Crippen LogP contribution < -0.4 is 9.47 Å². The average molecular weight is 471 g/mol. The predicted molar refractivity (Wildman–Crippen MR) is 140 cm³/mol. The Morgan fingerprint density at radius 3 is 1.17 bits per heavy atom. The van der Waals surface area contributed by atoms with Gasteiger partial charge >= 0.3 is 11.9 Å². The number of rotatable bonds is 6. The van der Waals surface area contributed by atoms with Crippen LogP contribution in [0.3, 0.4) is 0 Å². The SMILES string of the molecule is O=C(Oc1ccc(-c2cccc(-c3ccc(OC(=O)c4ccccc4)cc3)c2)cc1)c1ccccc1. The van der Waals surface area contributed by atoms with Crippen LogP contribution in [0.15, 0.2) is 133 Å². The molecule has 0 unspecified atom stereocenters. The Kier molecular flexibility index (Phi) is 6.68. The third-order valence-corrected chi connectivity index (χ3v) is 5.68. The Morgan fingerprint density at radius 1 is 0.389 bits per heavy atom. The van der Waals surface area contributed by atoms with Gasteiger partial charge in [0, 0.05) is 0 Å². The number of carbonyl (C=O) groups excluding carboxylic acids is 2. The second kappa shape index (κ2) is 10.5. The number of benzene rings is 5. The molecule has 0 aromatic heterocycles. The summed E-state index contributed by atoms with van der Waals surface area (Å²) in [6.07, 6.45) is 0. The van der Waals surface area contributed by atoms with E-state index in [1.54, 1.807) is 72.8 Å². The fraction of sp³-hybridized carbons (Fsp3) is 0. The minimum absolute atomic E-state index is 0.386. The summed E-state index contributed by atoms with van der Waals surface area (Å²) in [5.74, 6) is 0.209. The molecular weight excluding hydrogens is 448 g/mol. The molecule has 4 heteroatoms. The van der Waals surface area contributed by atoms with Gasteiger partial charge in [-0.25, -0.2) is 9.59 Å². The summed E-state index contributed by atoms with van der Waals surface area (Å²) in [5.41, 5.74) is 5.10. The smallest absolute Gasteiger partial charge is 0.343 e. The topological polar surface area (TPSA) is 52.6 Å². The second-order valence-electron chi connectivity index (χ2n) is 8.14. The highest BCUT2D eigenvalue weighted by molar-refractivity contribution is 5.91. The van der Waals surface area contributed by atoms with E-state index in [-0.39, 0.29) is 11.9 Å². The van der Waals surface area contributed by atoms with E-state index in [1.807, 2.05) is 54.6 Å². The van der Waals surface area contributed by atoms with Crippen LogP contribution in [0.4, 0.5) is 0 Å². The van der Waals surface area contributed by atoms with Crippen LogP contribution in [0, 0.1) is 0 Å². The lowest BCUT2D eigenvalue weighted by Gasteiger charge is -2.09. The molecule has 0 spiro atoms. The van der Waals surface area contributed by atoms with Crippen LogP contribution in [0.2, 0.25) is 0 Å². The monoisotopic (exact) mass is 470 g/mol. The quantitative estimate of drug-likeness (QED) is 0.191. The van der Waals surface area contributed by atoms with E-state index in [2.05, 4.69) is 6.07 Å². The van der Waals surface area contributed by atoms with Crippen molar-refractivity contribution in [1.82, 2.24) is 0 Å². The van der Waals surface area contributed by atoms with Gasteiger partial charge in [-0.15, -0.1) is 0 Å². The normalized spacial score (nSPS) is 10.4.